The van der Waals surface area contributed by atoms with Crippen molar-refractivity contribution in [2.45, 2.75) is 12.7 Å². The predicted octanol–water partition coefficient (Wildman–Crippen LogP) is 2.99. The number of nitrogens with one attached hydrogen (secondary N) is 1. The van der Waals surface area contributed by atoms with Crippen LogP contribution in [0.1, 0.15) is 17.2 Å². The molecule has 4 heteroatoms. The molecule has 0 aliphatic rings. The molecule has 0 aliphatic carbocycles. The van der Waals surface area contributed by atoms with Gasteiger partial charge >= 0.3 is 0 Å². The Morgan fingerprint density at radius 3 is 2.67 bits per heavy atom. The summed E-state index contributed by atoms with van der Waals surface area (Å²) in [6.45, 7) is 0.965. The Hall–Kier alpha value is -2.04. The Morgan fingerprint density at radius 2 is 1.90 bits per heavy atom. The molecular weight excluding hydrogens is 266 g/mol. The lowest BCUT2D eigenvalue weighted by Gasteiger charge is -2.16. The van der Waals surface area contributed by atoms with E-state index in [2.05, 4.69) is 5.32 Å². The zero-order chi connectivity index (χ0) is 15.1. The van der Waals surface area contributed by atoms with E-state index in [9.17, 15) is 5.11 Å². The van der Waals surface area contributed by atoms with Crippen LogP contribution in [0.2, 0.25) is 0 Å². The van der Waals surface area contributed by atoms with Crippen LogP contribution in [0.25, 0.3) is 0 Å². The van der Waals surface area contributed by atoms with E-state index in [4.69, 9.17) is 9.47 Å². The average molecular weight is 287 g/mol. The molecule has 0 fully saturated rings. The summed E-state index contributed by atoms with van der Waals surface area (Å²) in [7, 11) is 3.28. The van der Waals surface area contributed by atoms with Crippen LogP contribution in [-0.4, -0.2) is 25.9 Å². The summed E-state index contributed by atoms with van der Waals surface area (Å²) >= 11 is 0. The Labute approximate surface area is 125 Å². The number of hydrogen-bond donors (Lipinski definition) is 2. The first-order chi connectivity index (χ1) is 10.2. The Kier molecular flexibility index (Phi) is 5.60. The normalized spacial score (nSPS) is 12.0. The van der Waals surface area contributed by atoms with E-state index in [1.165, 1.54) is 0 Å². The van der Waals surface area contributed by atoms with E-state index in [-0.39, 0.29) is 0 Å². The highest BCUT2D eigenvalue weighted by Crippen LogP contribution is 2.21. The first-order valence-electron chi connectivity index (χ1n) is 6.87. The molecule has 0 aliphatic heterocycles. The molecule has 21 heavy (non-hydrogen) atoms. The molecule has 112 valence electrons. The maximum Gasteiger partial charge on any atom is 0.119 e. The minimum Gasteiger partial charge on any atom is -0.497 e. The lowest BCUT2D eigenvalue weighted by Crippen LogP contribution is -2.13. The average Bonchev–Trinajstić information content (AvgIpc) is 2.54. The molecule has 1 unspecified atom stereocenters. The summed E-state index contributed by atoms with van der Waals surface area (Å²) in [5.74, 6) is 0.742. The standard InChI is InChI=1S/C17H21NO3/c1-20-12-14-6-3-4-9-16(14)18-11-17(19)13-7-5-8-15(10-13)21-2/h3-10,17-19H,11-12H2,1-2H3. The summed E-state index contributed by atoms with van der Waals surface area (Å²) in [6, 6.07) is 15.4. The fraction of sp³-hybridized carbons (Fsp3) is 0.294. The highest BCUT2D eigenvalue weighted by Gasteiger charge is 2.09. The fourth-order valence-electron chi connectivity index (χ4n) is 2.15. The van der Waals surface area contributed by atoms with E-state index in [0.29, 0.717) is 13.2 Å². The van der Waals surface area contributed by atoms with Gasteiger partial charge in [-0.1, -0.05) is 30.3 Å². The van der Waals surface area contributed by atoms with E-state index in [1.807, 2.05) is 48.5 Å². The first kappa shape index (κ1) is 15.4. The van der Waals surface area contributed by atoms with Gasteiger partial charge in [-0.15, -0.1) is 0 Å². The third kappa shape index (κ3) is 4.21. The van der Waals surface area contributed by atoms with Gasteiger partial charge in [0.25, 0.3) is 0 Å². The van der Waals surface area contributed by atoms with Crippen molar-refractivity contribution in [3.05, 3.63) is 59.7 Å². The Bertz CT molecular complexity index is 571. The van der Waals surface area contributed by atoms with Gasteiger partial charge in [0.15, 0.2) is 0 Å². The van der Waals surface area contributed by atoms with Crippen molar-refractivity contribution in [3.8, 4) is 5.75 Å². The SMILES string of the molecule is COCc1ccccc1NCC(O)c1cccc(OC)c1. The Balaban J connectivity index is 2.02. The zero-order valence-corrected chi connectivity index (χ0v) is 12.4. The van der Waals surface area contributed by atoms with Crippen LogP contribution in [0, 0.1) is 0 Å². The van der Waals surface area contributed by atoms with Crippen molar-refractivity contribution < 1.29 is 14.6 Å². The van der Waals surface area contributed by atoms with Crippen LogP contribution in [0.3, 0.4) is 0 Å². The van der Waals surface area contributed by atoms with Crippen LogP contribution in [0.15, 0.2) is 48.5 Å². The van der Waals surface area contributed by atoms with Crippen molar-refractivity contribution in [3.63, 3.8) is 0 Å². The summed E-state index contributed by atoms with van der Waals surface area (Å²) < 4.78 is 10.3. The minimum atomic E-state index is -0.601. The lowest BCUT2D eigenvalue weighted by molar-refractivity contribution is 0.184. The van der Waals surface area contributed by atoms with Gasteiger partial charge in [-0.05, 0) is 23.8 Å². The van der Waals surface area contributed by atoms with Crippen molar-refractivity contribution in [1.29, 1.82) is 0 Å². The number of hydrogen-bond acceptors (Lipinski definition) is 4. The van der Waals surface area contributed by atoms with Crippen LogP contribution in [0.5, 0.6) is 5.75 Å². The number of para-hydroxylation sites is 1. The first-order valence-corrected chi connectivity index (χ1v) is 6.87. The van der Waals surface area contributed by atoms with Crippen LogP contribution in [-0.2, 0) is 11.3 Å². The molecule has 0 heterocycles. The van der Waals surface area contributed by atoms with Gasteiger partial charge in [-0.3, -0.25) is 0 Å². The highest BCUT2D eigenvalue weighted by molar-refractivity contribution is 5.51. The lowest BCUT2D eigenvalue weighted by atomic mass is 10.1. The largest absolute Gasteiger partial charge is 0.497 e. The predicted molar refractivity (Wildman–Crippen MR) is 83.6 cm³/mol. The van der Waals surface area contributed by atoms with Gasteiger partial charge in [0, 0.05) is 24.9 Å². The summed E-state index contributed by atoms with van der Waals surface area (Å²) in [6.07, 6.45) is -0.601. The van der Waals surface area contributed by atoms with E-state index in [1.54, 1.807) is 14.2 Å². The number of aliphatic hydroxyl groups is 1. The molecule has 4 nitrogen and oxygen atoms in total. The van der Waals surface area contributed by atoms with Gasteiger partial charge < -0.3 is 19.9 Å². The molecule has 0 aromatic heterocycles. The van der Waals surface area contributed by atoms with Gasteiger partial charge in [0.2, 0.25) is 0 Å². The zero-order valence-electron chi connectivity index (χ0n) is 12.4. The van der Waals surface area contributed by atoms with Gasteiger partial charge in [-0.2, -0.15) is 0 Å². The molecule has 1 atom stereocenters. The van der Waals surface area contributed by atoms with Crippen molar-refractivity contribution in [2.24, 2.45) is 0 Å². The third-order valence-corrected chi connectivity index (χ3v) is 3.28. The molecule has 0 bridgehead atoms. The number of ether oxygens (including phenoxy) is 2. The van der Waals surface area contributed by atoms with Crippen molar-refractivity contribution in [2.75, 3.05) is 26.1 Å². The number of benzene rings is 2. The van der Waals surface area contributed by atoms with Crippen LogP contribution < -0.4 is 10.1 Å². The number of methoxy groups -OCH3 is 2. The van der Waals surface area contributed by atoms with Gasteiger partial charge in [0.05, 0.1) is 19.8 Å². The molecule has 0 spiro atoms. The van der Waals surface area contributed by atoms with Crippen LogP contribution in [0.4, 0.5) is 5.69 Å². The highest BCUT2D eigenvalue weighted by atomic mass is 16.5. The monoisotopic (exact) mass is 287 g/mol. The second-order valence-corrected chi connectivity index (χ2v) is 4.76. The number of anilines is 1. The molecule has 0 amide bonds. The second-order valence-electron chi connectivity index (χ2n) is 4.76. The maximum absolute atomic E-state index is 10.3. The molecule has 2 aromatic carbocycles. The molecule has 0 radical (unpaired) electrons. The quantitative estimate of drug-likeness (QED) is 0.822. The number of aliphatic hydroxyl groups excluding tert-OH is 1. The molecule has 2 N–H and O–H groups in total. The number of rotatable bonds is 7. The Morgan fingerprint density at radius 1 is 1.10 bits per heavy atom. The third-order valence-electron chi connectivity index (χ3n) is 3.28. The van der Waals surface area contributed by atoms with Gasteiger partial charge in [-0.25, -0.2) is 0 Å². The van der Waals surface area contributed by atoms with Crippen molar-refractivity contribution >= 4 is 5.69 Å². The van der Waals surface area contributed by atoms with Crippen molar-refractivity contribution in [1.82, 2.24) is 0 Å². The molecule has 0 saturated carbocycles. The topological polar surface area (TPSA) is 50.7 Å². The molecular formula is C17H21NO3. The summed E-state index contributed by atoms with van der Waals surface area (Å²) in [5.41, 5.74) is 2.87. The minimum absolute atomic E-state index is 0.424. The summed E-state index contributed by atoms with van der Waals surface area (Å²) in [5, 5.41) is 13.5. The van der Waals surface area contributed by atoms with Crippen LogP contribution >= 0.6 is 0 Å². The molecule has 0 saturated heterocycles. The van der Waals surface area contributed by atoms with E-state index < -0.39 is 6.10 Å². The molecule has 2 rings (SSSR count). The second kappa shape index (κ2) is 7.67. The molecule has 2 aromatic rings. The van der Waals surface area contributed by atoms with Gasteiger partial charge in [0.1, 0.15) is 5.75 Å². The smallest absolute Gasteiger partial charge is 0.119 e. The summed E-state index contributed by atoms with van der Waals surface area (Å²) in [4.78, 5) is 0. The van der Waals surface area contributed by atoms with E-state index >= 15 is 0 Å². The fourth-order valence-corrected chi connectivity index (χ4v) is 2.15. The maximum atomic E-state index is 10.3. The van der Waals surface area contributed by atoms with E-state index in [0.717, 1.165) is 22.6 Å².